The van der Waals surface area contributed by atoms with Gasteiger partial charge in [-0.3, -0.25) is 4.79 Å². The Kier molecular flexibility index (Phi) is 7.77. The second kappa shape index (κ2) is 12.2. The summed E-state index contributed by atoms with van der Waals surface area (Å²) in [6, 6.07) is 33.7. The first-order chi connectivity index (χ1) is 22.4. The van der Waals surface area contributed by atoms with Crippen LogP contribution in [0, 0.1) is 0 Å². The number of carboxylic acids is 1. The van der Waals surface area contributed by atoms with Crippen molar-refractivity contribution in [3.05, 3.63) is 160 Å². The quantitative estimate of drug-likeness (QED) is 0.195. The molecule has 0 fully saturated rings. The molecule has 1 atom stereocenters. The maximum Gasteiger partial charge on any atom is 0.335 e. The van der Waals surface area contributed by atoms with Crippen LogP contribution in [-0.2, 0) is 11.2 Å². The van der Waals surface area contributed by atoms with Gasteiger partial charge in [0.15, 0.2) is 5.78 Å². The van der Waals surface area contributed by atoms with Gasteiger partial charge >= 0.3 is 5.97 Å². The molecule has 1 unspecified atom stereocenters. The first-order valence-electron chi connectivity index (χ1n) is 15.1. The van der Waals surface area contributed by atoms with Crippen LogP contribution in [0.1, 0.15) is 45.8 Å². The molecule has 226 valence electrons. The number of ketones is 1. The number of benzene rings is 5. The number of carbonyl (C=O) groups excluding carboxylic acids is 1. The molecule has 5 nitrogen and oxygen atoms in total. The molecule has 0 aromatic heterocycles. The van der Waals surface area contributed by atoms with Crippen LogP contribution in [0.15, 0.2) is 133 Å². The van der Waals surface area contributed by atoms with E-state index >= 15 is 0 Å². The molecule has 3 aliphatic rings. The molecule has 1 aliphatic heterocycles. The Labute approximate surface area is 271 Å². The van der Waals surface area contributed by atoms with E-state index in [9.17, 15) is 9.59 Å². The number of ether oxygens (including phenoxy) is 1. The number of anilines is 1. The van der Waals surface area contributed by atoms with Crippen molar-refractivity contribution in [3.8, 4) is 16.9 Å². The molecule has 46 heavy (non-hydrogen) atoms. The summed E-state index contributed by atoms with van der Waals surface area (Å²) < 4.78 is 5.15. The van der Waals surface area contributed by atoms with Crippen molar-refractivity contribution in [1.82, 2.24) is 0 Å². The minimum absolute atomic E-state index is 0.156. The molecule has 0 amide bonds. The fourth-order valence-corrected chi connectivity index (χ4v) is 6.93. The van der Waals surface area contributed by atoms with Crippen molar-refractivity contribution >= 4 is 45.4 Å². The predicted molar refractivity (Wildman–Crippen MR) is 184 cm³/mol. The Morgan fingerprint density at radius 3 is 2.41 bits per heavy atom. The van der Waals surface area contributed by atoms with Crippen molar-refractivity contribution in [2.24, 2.45) is 0 Å². The monoisotopic (exact) mass is 623 g/mol. The number of para-hydroxylation sites is 1. The van der Waals surface area contributed by atoms with Crippen LogP contribution in [0.2, 0.25) is 5.02 Å². The third-order valence-electron chi connectivity index (χ3n) is 8.81. The van der Waals surface area contributed by atoms with Crippen LogP contribution in [0.5, 0.6) is 5.75 Å². The fourth-order valence-electron chi connectivity index (χ4n) is 6.69. The van der Waals surface area contributed by atoms with E-state index in [-0.39, 0.29) is 11.7 Å². The van der Waals surface area contributed by atoms with Crippen LogP contribution < -0.4 is 10.5 Å². The maximum atomic E-state index is 13.8. The van der Waals surface area contributed by atoms with Crippen molar-refractivity contribution in [2.75, 3.05) is 5.73 Å². The largest absolute Gasteiger partial charge is 0.478 e. The molecule has 0 spiro atoms. The normalized spacial score (nSPS) is 16.3. The van der Waals surface area contributed by atoms with E-state index in [2.05, 4.69) is 48.6 Å². The molecule has 0 radical (unpaired) electrons. The van der Waals surface area contributed by atoms with Crippen LogP contribution in [0.3, 0.4) is 0 Å². The zero-order valence-electron chi connectivity index (χ0n) is 24.9. The number of fused-ring (bicyclic) bond motifs is 5. The molecular formula is C40H30ClNO4. The molecule has 0 saturated heterocycles. The minimum atomic E-state index is -0.922. The highest BCUT2D eigenvalue weighted by Crippen LogP contribution is 2.47. The van der Waals surface area contributed by atoms with Gasteiger partial charge in [-0.15, -0.1) is 0 Å². The summed E-state index contributed by atoms with van der Waals surface area (Å²) in [5.41, 5.74) is 15.4. The molecule has 2 aliphatic carbocycles. The van der Waals surface area contributed by atoms with Gasteiger partial charge in [0.25, 0.3) is 0 Å². The second-order valence-electron chi connectivity index (χ2n) is 11.6. The smallest absolute Gasteiger partial charge is 0.335 e. The summed E-state index contributed by atoms with van der Waals surface area (Å²) in [5.74, 6) is 0.208. The number of hydrogen-bond donors (Lipinski definition) is 2. The van der Waals surface area contributed by atoms with E-state index in [1.807, 2.05) is 66.7 Å². The molecule has 5 aromatic carbocycles. The minimum Gasteiger partial charge on any atom is -0.478 e. The molecule has 6 heteroatoms. The number of hydrogen-bond acceptors (Lipinski definition) is 4. The Bertz CT molecular complexity index is 2130. The van der Waals surface area contributed by atoms with Gasteiger partial charge in [-0.05, 0) is 69.5 Å². The Morgan fingerprint density at radius 1 is 0.848 bits per heavy atom. The van der Waals surface area contributed by atoms with Gasteiger partial charge < -0.3 is 15.6 Å². The van der Waals surface area contributed by atoms with Gasteiger partial charge in [-0.25, -0.2) is 4.79 Å². The van der Waals surface area contributed by atoms with Crippen LogP contribution in [0.4, 0.5) is 5.69 Å². The third kappa shape index (κ3) is 5.40. The van der Waals surface area contributed by atoms with Crippen LogP contribution in [-0.4, -0.2) is 16.9 Å². The lowest BCUT2D eigenvalue weighted by molar-refractivity contribution is -0.132. The number of Topliss-reactive ketones (excluding diaryl/α,β-unsaturated/α-hetero) is 1. The Morgan fingerprint density at radius 2 is 1.61 bits per heavy atom. The summed E-state index contributed by atoms with van der Waals surface area (Å²) in [6.07, 6.45) is 7.50. The highest BCUT2D eigenvalue weighted by Gasteiger charge is 2.32. The van der Waals surface area contributed by atoms with Crippen LogP contribution >= 0.6 is 11.6 Å². The van der Waals surface area contributed by atoms with Crippen molar-refractivity contribution < 1.29 is 19.4 Å². The van der Waals surface area contributed by atoms with E-state index in [0.29, 0.717) is 29.1 Å². The predicted octanol–water partition coefficient (Wildman–Crippen LogP) is 9.42. The van der Waals surface area contributed by atoms with Crippen molar-refractivity contribution in [3.63, 3.8) is 0 Å². The molecule has 3 N–H and O–H groups in total. The number of nitrogens with two attached hydrogens (primary N) is 1. The molecule has 5 aromatic rings. The van der Waals surface area contributed by atoms with Crippen molar-refractivity contribution in [1.29, 1.82) is 0 Å². The average molecular weight is 624 g/mol. The topological polar surface area (TPSA) is 89.6 Å². The summed E-state index contributed by atoms with van der Waals surface area (Å²) >= 11 is 6.58. The highest BCUT2D eigenvalue weighted by molar-refractivity contribution is 6.34. The summed E-state index contributed by atoms with van der Waals surface area (Å²) in [7, 11) is 0. The van der Waals surface area contributed by atoms with E-state index < -0.39 is 5.97 Å². The molecule has 0 saturated carbocycles. The van der Waals surface area contributed by atoms with E-state index in [4.69, 9.17) is 27.2 Å². The van der Waals surface area contributed by atoms with Crippen LogP contribution in [0.25, 0.3) is 27.5 Å². The highest BCUT2D eigenvalue weighted by atomic mass is 35.5. The Hall–Kier alpha value is -5.39. The number of carbonyl (C=O) groups is 2. The van der Waals surface area contributed by atoms with E-state index in [0.717, 1.165) is 50.8 Å². The fraction of sp³-hybridized carbons (Fsp3) is 0.100. The molecule has 1 heterocycles. The van der Waals surface area contributed by atoms with Gasteiger partial charge in [0.2, 0.25) is 0 Å². The molecular weight excluding hydrogens is 594 g/mol. The summed E-state index contributed by atoms with van der Waals surface area (Å²) in [6.45, 7) is 0. The zero-order chi connectivity index (χ0) is 31.8. The summed E-state index contributed by atoms with van der Waals surface area (Å²) in [5, 5.41) is 11.3. The van der Waals surface area contributed by atoms with Crippen molar-refractivity contribution in [2.45, 2.75) is 25.2 Å². The first kappa shape index (κ1) is 29.3. The second-order valence-corrected chi connectivity index (χ2v) is 12.0. The molecule has 0 bridgehead atoms. The number of aliphatic carboxylic acids is 1. The number of allylic oxidation sites excluding steroid dienone is 4. The van der Waals surface area contributed by atoms with Gasteiger partial charge in [-0.2, -0.15) is 0 Å². The molecule has 8 rings (SSSR count). The average Bonchev–Trinajstić information content (AvgIpc) is 3.08. The first-order valence-corrected chi connectivity index (χ1v) is 15.5. The zero-order valence-corrected chi connectivity index (χ0v) is 25.6. The van der Waals surface area contributed by atoms with Gasteiger partial charge in [-0.1, -0.05) is 103 Å². The standard InChI is InChI=1S/C30H22ClNO.C10H8O3/c31-27-12-5-4-9-23(27)26-16-20(32)15-19-13-14-24-22-11-6-10-21(18-7-2-1-3-8-18)25(22)17-28(33)30(24)29(19)26;11-10(12)8-5-7-3-1-2-4-9(7)13-6-8/h1-9,11-16,21H,10,17,32H2;1-4,6H,5H2,(H,11,12). The number of halogens is 1. The summed E-state index contributed by atoms with van der Waals surface area (Å²) in [4.78, 5) is 24.4. The van der Waals surface area contributed by atoms with Gasteiger partial charge in [0.1, 0.15) is 12.0 Å². The lowest BCUT2D eigenvalue weighted by Gasteiger charge is -2.31. The van der Waals surface area contributed by atoms with E-state index in [1.165, 1.54) is 23.0 Å². The Balaban J connectivity index is 0.000000218. The third-order valence-corrected chi connectivity index (χ3v) is 9.13. The lowest BCUT2D eigenvalue weighted by Crippen LogP contribution is -2.18. The number of carboxylic acid groups (broad SMARTS) is 1. The van der Waals surface area contributed by atoms with E-state index in [1.54, 1.807) is 0 Å². The number of rotatable bonds is 3. The lowest BCUT2D eigenvalue weighted by atomic mass is 9.72. The maximum absolute atomic E-state index is 13.8. The van der Waals surface area contributed by atoms with Gasteiger partial charge in [0.05, 0.1) is 5.57 Å². The SMILES string of the molecule is Nc1cc(-c2ccccc2Cl)c2c3c(ccc2c1)C1=C(CC3=O)C(c2ccccc2)CC=C1.O=C(O)C1=COc2ccccc2C1. The number of nitrogen functional groups attached to an aromatic ring is 1. The van der Waals surface area contributed by atoms with Gasteiger partial charge in [0, 0.05) is 46.0 Å².